The third-order valence-corrected chi connectivity index (χ3v) is 3.76. The van der Waals surface area contributed by atoms with Gasteiger partial charge in [-0.1, -0.05) is 28.1 Å². The summed E-state index contributed by atoms with van der Waals surface area (Å²) in [5.74, 6) is 0. The molecular weight excluding hydrogens is 266 g/mol. The van der Waals surface area contributed by atoms with E-state index in [-0.39, 0.29) is 0 Å². The summed E-state index contributed by atoms with van der Waals surface area (Å²) in [6.07, 6.45) is 2.73. The highest BCUT2D eigenvalue weighted by molar-refractivity contribution is 9.10. The second kappa shape index (κ2) is 5.30. The molecule has 0 heterocycles. The number of hydrogen-bond donors (Lipinski definition) is 1. The second-order valence-electron chi connectivity index (χ2n) is 4.47. The van der Waals surface area contributed by atoms with Gasteiger partial charge in [-0.05, 0) is 37.5 Å². The first kappa shape index (κ1) is 12.1. The largest absolute Gasteiger partial charge is 0.381 e. The van der Waals surface area contributed by atoms with Crippen LogP contribution < -0.4 is 5.32 Å². The fraction of sp³-hybridized carbons (Fsp3) is 0.538. The van der Waals surface area contributed by atoms with Gasteiger partial charge in [-0.25, -0.2) is 0 Å². The molecule has 2 nitrogen and oxygen atoms in total. The van der Waals surface area contributed by atoms with Crippen molar-refractivity contribution in [2.45, 2.75) is 38.0 Å². The molecule has 0 aliphatic heterocycles. The van der Waals surface area contributed by atoms with Gasteiger partial charge < -0.3 is 10.1 Å². The monoisotopic (exact) mass is 283 g/mol. The molecular formula is C13H18BrNO. The Bertz CT molecular complexity index is 350. The maximum absolute atomic E-state index is 5.28. The number of nitrogens with one attached hydrogen (secondary N) is 1. The molecule has 88 valence electrons. The Labute approximate surface area is 106 Å². The first-order chi connectivity index (χ1) is 7.69. The van der Waals surface area contributed by atoms with Crippen molar-refractivity contribution >= 4 is 15.9 Å². The van der Waals surface area contributed by atoms with Gasteiger partial charge in [-0.15, -0.1) is 0 Å². The molecule has 2 rings (SSSR count). The summed E-state index contributed by atoms with van der Waals surface area (Å²) in [5.41, 5.74) is 1.33. The maximum atomic E-state index is 5.28. The summed E-state index contributed by atoms with van der Waals surface area (Å²) in [6.45, 7) is 2.21. The molecule has 1 N–H and O–H groups in total. The number of halogens is 1. The lowest BCUT2D eigenvalue weighted by Gasteiger charge is -2.36. The lowest BCUT2D eigenvalue weighted by atomic mass is 9.88. The van der Waals surface area contributed by atoms with E-state index in [0.29, 0.717) is 18.2 Å². The van der Waals surface area contributed by atoms with E-state index in [2.05, 4.69) is 52.4 Å². The molecule has 0 radical (unpaired) electrons. The van der Waals surface area contributed by atoms with Crippen molar-refractivity contribution in [2.24, 2.45) is 0 Å². The lowest BCUT2D eigenvalue weighted by molar-refractivity contribution is 0.0147. The molecule has 3 heteroatoms. The van der Waals surface area contributed by atoms with Crippen molar-refractivity contribution in [2.75, 3.05) is 7.11 Å². The van der Waals surface area contributed by atoms with Gasteiger partial charge in [0.1, 0.15) is 0 Å². The Morgan fingerprint density at radius 2 is 2.19 bits per heavy atom. The third kappa shape index (κ3) is 2.84. The fourth-order valence-electron chi connectivity index (χ4n) is 2.12. The molecule has 1 aliphatic carbocycles. The number of hydrogen-bond acceptors (Lipinski definition) is 2. The number of rotatable bonds is 4. The van der Waals surface area contributed by atoms with Crippen LogP contribution in [-0.2, 0) is 4.74 Å². The van der Waals surface area contributed by atoms with Crippen LogP contribution in [0.3, 0.4) is 0 Å². The minimum Gasteiger partial charge on any atom is -0.381 e. The summed E-state index contributed by atoms with van der Waals surface area (Å²) < 4.78 is 6.42. The van der Waals surface area contributed by atoms with Crippen molar-refractivity contribution in [3.63, 3.8) is 0 Å². The molecule has 0 amide bonds. The van der Waals surface area contributed by atoms with E-state index in [9.17, 15) is 0 Å². The van der Waals surface area contributed by atoms with E-state index in [1.165, 1.54) is 5.56 Å². The zero-order valence-corrected chi connectivity index (χ0v) is 11.3. The van der Waals surface area contributed by atoms with Crippen molar-refractivity contribution in [1.29, 1.82) is 0 Å². The first-order valence-corrected chi connectivity index (χ1v) is 6.52. The maximum Gasteiger partial charge on any atom is 0.0601 e. The van der Waals surface area contributed by atoms with Crippen molar-refractivity contribution < 1.29 is 4.74 Å². The van der Waals surface area contributed by atoms with E-state index in [4.69, 9.17) is 4.74 Å². The standard InChI is InChI=1S/C13H18BrNO/c1-9(10-4-3-5-11(14)6-10)15-12-7-13(8-12)16-2/h3-6,9,12-13,15H,7-8H2,1-2H3/t9-,12?,13?/m1/s1. The van der Waals surface area contributed by atoms with E-state index >= 15 is 0 Å². The third-order valence-electron chi connectivity index (χ3n) is 3.26. The van der Waals surface area contributed by atoms with Crippen molar-refractivity contribution in [3.05, 3.63) is 34.3 Å². The highest BCUT2D eigenvalue weighted by Gasteiger charge is 2.29. The van der Waals surface area contributed by atoms with Crippen LogP contribution in [-0.4, -0.2) is 19.3 Å². The summed E-state index contributed by atoms with van der Waals surface area (Å²) in [4.78, 5) is 0. The van der Waals surface area contributed by atoms with Gasteiger partial charge in [0.15, 0.2) is 0 Å². The average molecular weight is 284 g/mol. The predicted molar refractivity (Wildman–Crippen MR) is 69.5 cm³/mol. The predicted octanol–water partition coefficient (Wildman–Crippen LogP) is 3.28. The van der Waals surface area contributed by atoms with E-state index in [1.807, 2.05) is 0 Å². The molecule has 16 heavy (non-hydrogen) atoms. The molecule has 0 bridgehead atoms. The fourth-order valence-corrected chi connectivity index (χ4v) is 2.54. The molecule has 1 saturated carbocycles. The Kier molecular flexibility index (Phi) is 4.00. The number of ether oxygens (including phenoxy) is 1. The Morgan fingerprint density at radius 3 is 2.81 bits per heavy atom. The van der Waals surface area contributed by atoms with Crippen LogP contribution in [0.25, 0.3) is 0 Å². The van der Waals surface area contributed by atoms with E-state index in [0.717, 1.165) is 17.3 Å². The summed E-state index contributed by atoms with van der Waals surface area (Å²) in [7, 11) is 1.79. The van der Waals surface area contributed by atoms with Gasteiger partial charge in [0.05, 0.1) is 6.10 Å². The molecule has 1 fully saturated rings. The van der Waals surface area contributed by atoms with Crippen molar-refractivity contribution in [1.82, 2.24) is 5.32 Å². The van der Waals surface area contributed by atoms with Crippen molar-refractivity contribution in [3.8, 4) is 0 Å². The first-order valence-electron chi connectivity index (χ1n) is 5.73. The average Bonchev–Trinajstić information content (AvgIpc) is 2.22. The molecule has 1 atom stereocenters. The molecule has 0 saturated heterocycles. The van der Waals surface area contributed by atoms with Gasteiger partial charge in [0.2, 0.25) is 0 Å². The minimum absolute atomic E-state index is 0.403. The highest BCUT2D eigenvalue weighted by atomic mass is 79.9. The van der Waals surface area contributed by atoms with Crippen LogP contribution >= 0.6 is 15.9 Å². The molecule has 0 aromatic heterocycles. The Morgan fingerprint density at radius 1 is 1.44 bits per heavy atom. The summed E-state index contributed by atoms with van der Waals surface area (Å²) >= 11 is 3.50. The van der Waals surface area contributed by atoms with Crippen LogP contribution in [0, 0.1) is 0 Å². The van der Waals surface area contributed by atoms with E-state index < -0.39 is 0 Å². The summed E-state index contributed by atoms with van der Waals surface area (Å²) in [6, 6.07) is 9.48. The zero-order chi connectivity index (χ0) is 11.5. The van der Waals surface area contributed by atoms with Gasteiger partial charge in [0, 0.05) is 23.7 Å². The topological polar surface area (TPSA) is 21.3 Å². The molecule has 0 spiro atoms. The molecule has 1 aromatic carbocycles. The van der Waals surface area contributed by atoms with Crippen LogP contribution in [0.5, 0.6) is 0 Å². The van der Waals surface area contributed by atoms with Gasteiger partial charge in [0.25, 0.3) is 0 Å². The molecule has 1 aliphatic rings. The molecule has 1 aromatic rings. The minimum atomic E-state index is 0.403. The number of benzene rings is 1. The Hall–Kier alpha value is -0.380. The smallest absolute Gasteiger partial charge is 0.0601 e. The highest BCUT2D eigenvalue weighted by Crippen LogP contribution is 2.26. The molecule has 0 unspecified atom stereocenters. The normalized spacial score (nSPS) is 26.2. The lowest BCUT2D eigenvalue weighted by Crippen LogP contribution is -2.45. The zero-order valence-electron chi connectivity index (χ0n) is 9.74. The van der Waals surface area contributed by atoms with Crippen LogP contribution in [0.4, 0.5) is 0 Å². The summed E-state index contributed by atoms with van der Waals surface area (Å²) in [5, 5.41) is 3.62. The van der Waals surface area contributed by atoms with Gasteiger partial charge in [-0.2, -0.15) is 0 Å². The SMILES string of the molecule is COC1CC(N[C@H](C)c2cccc(Br)c2)C1. The van der Waals surface area contributed by atoms with Gasteiger partial charge in [-0.3, -0.25) is 0 Å². The van der Waals surface area contributed by atoms with Gasteiger partial charge >= 0.3 is 0 Å². The van der Waals surface area contributed by atoms with Crippen LogP contribution in [0.2, 0.25) is 0 Å². The van der Waals surface area contributed by atoms with E-state index in [1.54, 1.807) is 7.11 Å². The second-order valence-corrected chi connectivity index (χ2v) is 5.39. The Balaban J connectivity index is 1.87. The van der Waals surface area contributed by atoms with Crippen LogP contribution in [0.15, 0.2) is 28.7 Å². The number of methoxy groups -OCH3 is 1. The van der Waals surface area contributed by atoms with Crippen LogP contribution in [0.1, 0.15) is 31.4 Å². The quantitative estimate of drug-likeness (QED) is 0.916.